The van der Waals surface area contributed by atoms with E-state index in [4.69, 9.17) is 5.11 Å². The number of carboxylic acid groups (broad SMARTS) is 1. The molecule has 0 atom stereocenters. The molecule has 0 radical (unpaired) electrons. The van der Waals surface area contributed by atoms with Gasteiger partial charge in [0.15, 0.2) is 0 Å². The number of rotatable bonds is 8. The molecule has 0 aliphatic carbocycles. The number of carbonyl (C=O) groups excluding carboxylic acids is 1. The summed E-state index contributed by atoms with van der Waals surface area (Å²) in [5.74, 6) is -1.18. The van der Waals surface area contributed by atoms with Crippen LogP contribution in [0, 0.1) is 5.82 Å². The second-order valence-corrected chi connectivity index (χ2v) is 4.64. The van der Waals surface area contributed by atoms with Gasteiger partial charge in [-0.3, -0.25) is 9.59 Å². The highest BCUT2D eigenvalue weighted by Crippen LogP contribution is 2.10. The summed E-state index contributed by atoms with van der Waals surface area (Å²) in [5.41, 5.74) is 0.755. The normalized spacial score (nSPS) is 10.3. The van der Waals surface area contributed by atoms with Crippen LogP contribution in [0.4, 0.5) is 4.39 Å². The third-order valence-electron chi connectivity index (χ3n) is 3.03. The largest absolute Gasteiger partial charge is 0.481 e. The summed E-state index contributed by atoms with van der Waals surface area (Å²) < 4.78 is 13.1. The van der Waals surface area contributed by atoms with Gasteiger partial charge in [-0.1, -0.05) is 12.1 Å². The Hall–Kier alpha value is -1.91. The Bertz CT molecular complexity index is 462. The lowest BCUT2D eigenvalue weighted by Crippen LogP contribution is -2.30. The lowest BCUT2D eigenvalue weighted by molar-refractivity contribution is -0.137. The lowest BCUT2D eigenvalue weighted by atomic mass is 10.1. The number of hydrogen-bond acceptors (Lipinski definition) is 2. The van der Waals surface area contributed by atoms with Gasteiger partial charge in [0.25, 0.3) is 0 Å². The quantitative estimate of drug-likeness (QED) is 0.745. The van der Waals surface area contributed by atoms with Crippen molar-refractivity contribution in [3.05, 3.63) is 35.6 Å². The average Bonchev–Trinajstić information content (AvgIpc) is 2.40. The molecule has 5 heteroatoms. The van der Waals surface area contributed by atoms with Crippen LogP contribution in [-0.2, 0) is 16.1 Å². The molecule has 20 heavy (non-hydrogen) atoms. The fraction of sp³-hybridized carbons (Fsp3) is 0.467. The highest BCUT2D eigenvalue weighted by Gasteiger charge is 2.12. The zero-order valence-corrected chi connectivity index (χ0v) is 11.6. The van der Waals surface area contributed by atoms with Gasteiger partial charge in [0.05, 0.1) is 0 Å². The summed E-state index contributed by atoms with van der Waals surface area (Å²) in [6.45, 7) is 2.80. The third kappa shape index (κ3) is 5.82. The molecule has 4 nitrogen and oxygen atoms in total. The van der Waals surface area contributed by atoms with Gasteiger partial charge in [-0.05, 0) is 37.5 Å². The maximum atomic E-state index is 13.1. The van der Waals surface area contributed by atoms with E-state index in [1.165, 1.54) is 12.1 Å². The molecule has 1 aromatic carbocycles. The number of amides is 1. The summed E-state index contributed by atoms with van der Waals surface area (Å²) in [4.78, 5) is 24.0. The van der Waals surface area contributed by atoms with Gasteiger partial charge in [-0.15, -0.1) is 0 Å². The molecule has 1 N–H and O–H groups in total. The standard InChI is InChI=1S/C15H20FNO3/c1-2-17(11-12-6-5-7-13(16)10-12)14(18)8-3-4-9-15(19)20/h5-7,10H,2-4,8-9,11H2,1H3,(H,19,20). The molecule has 0 bridgehead atoms. The van der Waals surface area contributed by atoms with Gasteiger partial charge in [0, 0.05) is 25.9 Å². The van der Waals surface area contributed by atoms with Gasteiger partial charge in [0.1, 0.15) is 5.82 Å². The number of carbonyl (C=O) groups is 2. The number of hydrogen-bond donors (Lipinski definition) is 1. The van der Waals surface area contributed by atoms with E-state index in [0.29, 0.717) is 32.4 Å². The summed E-state index contributed by atoms with van der Waals surface area (Å²) in [6, 6.07) is 6.19. The van der Waals surface area contributed by atoms with E-state index < -0.39 is 5.97 Å². The Morgan fingerprint density at radius 1 is 1.25 bits per heavy atom. The summed E-state index contributed by atoms with van der Waals surface area (Å²) in [5, 5.41) is 8.52. The summed E-state index contributed by atoms with van der Waals surface area (Å²) >= 11 is 0. The molecule has 0 aliphatic rings. The molecule has 0 spiro atoms. The highest BCUT2D eigenvalue weighted by molar-refractivity contribution is 5.76. The molecule has 1 amide bonds. The highest BCUT2D eigenvalue weighted by atomic mass is 19.1. The number of aliphatic carboxylic acids is 1. The smallest absolute Gasteiger partial charge is 0.303 e. The Morgan fingerprint density at radius 3 is 2.55 bits per heavy atom. The number of unbranched alkanes of at least 4 members (excludes halogenated alkanes) is 1. The van der Waals surface area contributed by atoms with Gasteiger partial charge < -0.3 is 10.0 Å². The van der Waals surface area contributed by atoms with E-state index in [-0.39, 0.29) is 18.1 Å². The Labute approximate surface area is 118 Å². The van der Waals surface area contributed by atoms with E-state index in [1.54, 1.807) is 17.0 Å². The van der Waals surface area contributed by atoms with E-state index in [1.807, 2.05) is 6.92 Å². The number of carboxylic acids is 1. The zero-order chi connectivity index (χ0) is 15.0. The maximum absolute atomic E-state index is 13.1. The molecular weight excluding hydrogens is 261 g/mol. The van der Waals surface area contributed by atoms with Crippen molar-refractivity contribution in [1.29, 1.82) is 0 Å². The summed E-state index contributed by atoms with van der Waals surface area (Å²) in [6.07, 6.45) is 1.48. The second kappa shape index (κ2) is 8.30. The van der Waals surface area contributed by atoms with Crippen LogP contribution in [0.15, 0.2) is 24.3 Å². The van der Waals surface area contributed by atoms with Crippen LogP contribution in [0.25, 0.3) is 0 Å². The first kappa shape index (κ1) is 16.1. The van der Waals surface area contributed by atoms with Crippen LogP contribution in [0.1, 0.15) is 38.2 Å². The molecular formula is C15H20FNO3. The van der Waals surface area contributed by atoms with Gasteiger partial charge >= 0.3 is 5.97 Å². The lowest BCUT2D eigenvalue weighted by Gasteiger charge is -2.21. The van der Waals surface area contributed by atoms with Crippen LogP contribution in [0.3, 0.4) is 0 Å². The Morgan fingerprint density at radius 2 is 1.95 bits per heavy atom. The molecule has 0 aliphatic heterocycles. The van der Waals surface area contributed by atoms with Crippen LogP contribution >= 0.6 is 0 Å². The molecule has 1 aromatic rings. The molecule has 0 fully saturated rings. The van der Waals surface area contributed by atoms with Gasteiger partial charge in [-0.25, -0.2) is 4.39 Å². The van der Waals surface area contributed by atoms with Crippen LogP contribution in [0.2, 0.25) is 0 Å². The average molecular weight is 281 g/mol. The maximum Gasteiger partial charge on any atom is 0.303 e. The molecule has 0 saturated heterocycles. The Balaban J connectivity index is 2.44. The van der Waals surface area contributed by atoms with Crippen molar-refractivity contribution in [2.45, 2.75) is 39.2 Å². The molecule has 0 saturated carbocycles. The SMILES string of the molecule is CCN(Cc1cccc(F)c1)C(=O)CCCCC(=O)O. The monoisotopic (exact) mass is 281 g/mol. The van der Waals surface area contributed by atoms with Crippen molar-refractivity contribution in [2.24, 2.45) is 0 Å². The van der Waals surface area contributed by atoms with E-state index in [9.17, 15) is 14.0 Å². The third-order valence-corrected chi connectivity index (χ3v) is 3.03. The first-order chi connectivity index (χ1) is 9.52. The van der Waals surface area contributed by atoms with Crippen molar-refractivity contribution in [3.63, 3.8) is 0 Å². The zero-order valence-electron chi connectivity index (χ0n) is 11.6. The van der Waals surface area contributed by atoms with Crippen LogP contribution in [0.5, 0.6) is 0 Å². The predicted octanol–water partition coefficient (Wildman–Crippen LogP) is 2.82. The summed E-state index contributed by atoms with van der Waals surface area (Å²) in [7, 11) is 0. The van der Waals surface area contributed by atoms with E-state index in [2.05, 4.69) is 0 Å². The molecule has 0 heterocycles. The van der Waals surface area contributed by atoms with Crippen molar-refractivity contribution in [2.75, 3.05) is 6.54 Å². The molecule has 0 aromatic heterocycles. The van der Waals surface area contributed by atoms with E-state index >= 15 is 0 Å². The minimum Gasteiger partial charge on any atom is -0.481 e. The predicted molar refractivity (Wildman–Crippen MR) is 73.6 cm³/mol. The topological polar surface area (TPSA) is 57.6 Å². The second-order valence-electron chi connectivity index (χ2n) is 4.64. The van der Waals surface area contributed by atoms with Gasteiger partial charge in [0.2, 0.25) is 5.91 Å². The molecule has 1 rings (SSSR count). The fourth-order valence-corrected chi connectivity index (χ4v) is 1.94. The molecule has 110 valence electrons. The fourth-order valence-electron chi connectivity index (χ4n) is 1.94. The van der Waals surface area contributed by atoms with Crippen molar-refractivity contribution >= 4 is 11.9 Å². The first-order valence-electron chi connectivity index (χ1n) is 6.77. The number of halogens is 1. The van der Waals surface area contributed by atoms with Crippen LogP contribution in [-0.4, -0.2) is 28.4 Å². The van der Waals surface area contributed by atoms with Gasteiger partial charge in [-0.2, -0.15) is 0 Å². The van der Waals surface area contributed by atoms with Crippen molar-refractivity contribution < 1.29 is 19.1 Å². The van der Waals surface area contributed by atoms with Crippen molar-refractivity contribution in [3.8, 4) is 0 Å². The van der Waals surface area contributed by atoms with E-state index in [0.717, 1.165) is 5.56 Å². The van der Waals surface area contributed by atoms with Crippen LogP contribution < -0.4 is 0 Å². The minimum atomic E-state index is -0.843. The number of benzene rings is 1. The Kier molecular flexibility index (Phi) is 6.70. The number of nitrogens with zero attached hydrogens (tertiary/aromatic N) is 1. The molecule has 0 unspecified atom stereocenters. The minimum absolute atomic E-state index is 0.0258. The van der Waals surface area contributed by atoms with Crippen molar-refractivity contribution in [1.82, 2.24) is 4.90 Å². The first-order valence-corrected chi connectivity index (χ1v) is 6.77.